The van der Waals surface area contributed by atoms with Crippen molar-refractivity contribution in [2.75, 3.05) is 0 Å². The van der Waals surface area contributed by atoms with Gasteiger partial charge in [0.05, 0.1) is 0 Å². The normalized spacial score (nSPS) is 14.6. The molecule has 2 aromatic rings. The fourth-order valence-electron chi connectivity index (χ4n) is 2.94. The minimum absolute atomic E-state index is 0.0117. The number of phenols is 1. The van der Waals surface area contributed by atoms with E-state index >= 15 is 0 Å². The van der Waals surface area contributed by atoms with Crippen molar-refractivity contribution in [3.05, 3.63) is 52.8 Å². The second-order valence-corrected chi connectivity index (χ2v) is 8.12. The molecule has 1 fully saturated rings. The van der Waals surface area contributed by atoms with Crippen molar-refractivity contribution in [3.8, 4) is 16.9 Å². The highest BCUT2D eigenvalue weighted by atomic mass is 19.1. The van der Waals surface area contributed by atoms with Crippen LogP contribution in [0.1, 0.15) is 59.9 Å². The van der Waals surface area contributed by atoms with E-state index in [1.807, 2.05) is 20.8 Å². The third-order valence-electron chi connectivity index (χ3n) is 5.43. The van der Waals surface area contributed by atoms with Gasteiger partial charge in [0.25, 0.3) is 11.8 Å². The number of rotatable bonds is 6. The van der Waals surface area contributed by atoms with E-state index in [4.69, 9.17) is 0 Å². The van der Waals surface area contributed by atoms with Crippen LogP contribution in [0.2, 0.25) is 0 Å². The Hall–Kier alpha value is -2.89. The molecule has 2 amide bonds. The molecule has 0 spiro atoms. The summed E-state index contributed by atoms with van der Waals surface area (Å²) in [4.78, 5) is 24.7. The summed E-state index contributed by atoms with van der Waals surface area (Å²) in [5.41, 5.74) is 1.65. The molecule has 3 rings (SSSR count). The lowest BCUT2D eigenvalue weighted by atomic mass is 9.95. The van der Waals surface area contributed by atoms with E-state index in [0.29, 0.717) is 22.3 Å². The van der Waals surface area contributed by atoms with E-state index in [0.717, 1.165) is 12.8 Å². The highest BCUT2D eigenvalue weighted by molar-refractivity contribution is 5.98. The van der Waals surface area contributed by atoms with Gasteiger partial charge in [-0.15, -0.1) is 0 Å². The summed E-state index contributed by atoms with van der Waals surface area (Å²) >= 11 is 0. The second-order valence-electron chi connectivity index (χ2n) is 8.12. The largest absolute Gasteiger partial charge is 0.507 e. The van der Waals surface area contributed by atoms with Crippen LogP contribution in [-0.4, -0.2) is 29.0 Å². The zero-order chi connectivity index (χ0) is 21.3. The maximum atomic E-state index is 14.5. The van der Waals surface area contributed by atoms with E-state index < -0.39 is 5.82 Å². The SMILES string of the molecule is Cc1c(F)cc(C(=O)NC2CC2)cc1-c1ccc(C(=O)NC(C)C(C)C)cc1O. The smallest absolute Gasteiger partial charge is 0.251 e. The van der Waals surface area contributed by atoms with Gasteiger partial charge in [0.15, 0.2) is 0 Å². The van der Waals surface area contributed by atoms with Crippen molar-refractivity contribution in [2.45, 2.75) is 52.6 Å². The zero-order valence-corrected chi connectivity index (χ0v) is 17.2. The number of hydrogen-bond acceptors (Lipinski definition) is 3. The Morgan fingerprint density at radius 2 is 1.72 bits per heavy atom. The summed E-state index contributed by atoms with van der Waals surface area (Å²) in [5, 5.41) is 16.3. The number of benzene rings is 2. The third-order valence-corrected chi connectivity index (χ3v) is 5.43. The fourth-order valence-corrected chi connectivity index (χ4v) is 2.94. The van der Waals surface area contributed by atoms with Crippen molar-refractivity contribution in [1.82, 2.24) is 10.6 Å². The van der Waals surface area contributed by atoms with E-state index in [9.17, 15) is 19.1 Å². The summed E-state index contributed by atoms with van der Waals surface area (Å²) in [6, 6.07) is 7.47. The van der Waals surface area contributed by atoms with E-state index in [1.54, 1.807) is 25.1 Å². The van der Waals surface area contributed by atoms with Gasteiger partial charge in [0.1, 0.15) is 11.6 Å². The monoisotopic (exact) mass is 398 g/mol. The zero-order valence-electron chi connectivity index (χ0n) is 17.2. The maximum absolute atomic E-state index is 14.5. The Morgan fingerprint density at radius 3 is 2.31 bits per heavy atom. The van der Waals surface area contributed by atoms with E-state index in [-0.39, 0.29) is 41.1 Å². The van der Waals surface area contributed by atoms with Crippen LogP contribution in [0.4, 0.5) is 4.39 Å². The number of phenolic OH excluding ortho intramolecular Hbond substituents is 1. The molecule has 1 aliphatic rings. The molecule has 0 bridgehead atoms. The fraction of sp³-hybridized carbons (Fsp3) is 0.391. The average molecular weight is 398 g/mol. The highest BCUT2D eigenvalue weighted by Gasteiger charge is 2.25. The van der Waals surface area contributed by atoms with Crippen molar-refractivity contribution in [2.24, 2.45) is 5.92 Å². The van der Waals surface area contributed by atoms with Gasteiger partial charge in [-0.05, 0) is 74.1 Å². The van der Waals surface area contributed by atoms with Crippen LogP contribution >= 0.6 is 0 Å². The maximum Gasteiger partial charge on any atom is 0.251 e. The van der Waals surface area contributed by atoms with Crippen molar-refractivity contribution < 1.29 is 19.1 Å². The molecule has 0 aromatic heterocycles. The number of amides is 2. The summed E-state index contributed by atoms with van der Waals surface area (Å²) in [7, 11) is 0. The van der Waals surface area contributed by atoms with Crippen LogP contribution in [-0.2, 0) is 0 Å². The van der Waals surface area contributed by atoms with Crippen LogP contribution < -0.4 is 10.6 Å². The van der Waals surface area contributed by atoms with Crippen molar-refractivity contribution >= 4 is 11.8 Å². The molecular weight excluding hydrogens is 371 g/mol. The number of halogens is 1. The van der Waals surface area contributed by atoms with E-state index in [1.165, 1.54) is 12.1 Å². The first-order valence-corrected chi connectivity index (χ1v) is 9.92. The van der Waals surface area contributed by atoms with Crippen LogP contribution in [0.3, 0.4) is 0 Å². The Morgan fingerprint density at radius 1 is 1.03 bits per heavy atom. The highest BCUT2D eigenvalue weighted by Crippen LogP contribution is 2.34. The van der Waals surface area contributed by atoms with Crippen LogP contribution in [0.5, 0.6) is 5.75 Å². The molecule has 2 aromatic carbocycles. The number of aromatic hydroxyl groups is 1. The number of carbonyl (C=O) groups excluding carboxylic acids is 2. The predicted octanol–water partition coefficient (Wildman–Crippen LogP) is 4.17. The molecule has 5 nitrogen and oxygen atoms in total. The van der Waals surface area contributed by atoms with Crippen LogP contribution in [0.25, 0.3) is 11.1 Å². The number of carbonyl (C=O) groups is 2. The topological polar surface area (TPSA) is 78.4 Å². The standard InChI is InChI=1S/C23H27FN2O3/c1-12(2)14(4)25-22(28)15-5-8-18(21(27)11-15)19-9-16(10-20(24)13(19)3)23(29)26-17-6-7-17/h5,8-12,14,17,27H,6-7H2,1-4H3,(H,25,28)(H,26,29). The number of hydrogen-bond donors (Lipinski definition) is 3. The molecule has 6 heteroatoms. The predicted molar refractivity (Wildman–Crippen MR) is 110 cm³/mol. The second kappa shape index (κ2) is 8.23. The lowest BCUT2D eigenvalue weighted by Crippen LogP contribution is -2.36. The van der Waals surface area contributed by atoms with Crippen molar-refractivity contribution in [3.63, 3.8) is 0 Å². The van der Waals surface area contributed by atoms with Gasteiger partial charge in [-0.1, -0.05) is 13.8 Å². The molecule has 0 radical (unpaired) electrons. The summed E-state index contributed by atoms with van der Waals surface area (Å²) in [6.45, 7) is 7.53. The molecule has 29 heavy (non-hydrogen) atoms. The third kappa shape index (κ3) is 4.75. The molecule has 1 unspecified atom stereocenters. The summed E-state index contributed by atoms with van der Waals surface area (Å²) in [6.07, 6.45) is 1.87. The lowest BCUT2D eigenvalue weighted by Gasteiger charge is -2.18. The molecule has 3 N–H and O–H groups in total. The van der Waals surface area contributed by atoms with Gasteiger partial charge >= 0.3 is 0 Å². The molecule has 1 saturated carbocycles. The first kappa shape index (κ1) is 20.8. The lowest BCUT2D eigenvalue weighted by molar-refractivity contribution is 0.0927. The molecule has 154 valence electrons. The number of nitrogens with one attached hydrogen (secondary N) is 2. The van der Waals surface area contributed by atoms with Crippen LogP contribution in [0, 0.1) is 18.7 Å². The van der Waals surface area contributed by atoms with Gasteiger partial charge in [0.2, 0.25) is 0 Å². The molecule has 1 aliphatic carbocycles. The quantitative estimate of drug-likeness (QED) is 0.683. The Balaban J connectivity index is 1.91. The van der Waals surface area contributed by atoms with Crippen LogP contribution in [0.15, 0.2) is 30.3 Å². The minimum atomic E-state index is -0.518. The molecular formula is C23H27FN2O3. The van der Waals surface area contributed by atoms with Crippen molar-refractivity contribution in [1.29, 1.82) is 0 Å². The van der Waals surface area contributed by atoms with Gasteiger partial charge in [0, 0.05) is 28.8 Å². The van der Waals surface area contributed by atoms with Gasteiger partial charge < -0.3 is 15.7 Å². The molecule has 1 atom stereocenters. The summed E-state index contributed by atoms with van der Waals surface area (Å²) < 4.78 is 14.5. The first-order chi connectivity index (χ1) is 13.7. The average Bonchev–Trinajstić information content (AvgIpc) is 3.47. The Kier molecular flexibility index (Phi) is 5.91. The Labute approximate surface area is 170 Å². The molecule has 0 aliphatic heterocycles. The summed E-state index contributed by atoms with van der Waals surface area (Å²) in [5.74, 6) is -0.992. The molecule has 0 heterocycles. The van der Waals surface area contributed by atoms with E-state index in [2.05, 4.69) is 10.6 Å². The van der Waals surface area contributed by atoms with Gasteiger partial charge in [-0.2, -0.15) is 0 Å². The molecule has 0 saturated heterocycles. The first-order valence-electron chi connectivity index (χ1n) is 9.92. The minimum Gasteiger partial charge on any atom is -0.507 e. The van der Waals surface area contributed by atoms with Gasteiger partial charge in [-0.25, -0.2) is 4.39 Å². The van der Waals surface area contributed by atoms with Gasteiger partial charge in [-0.3, -0.25) is 9.59 Å². The Bertz CT molecular complexity index is 951.